The first-order valence-electron chi connectivity index (χ1n) is 6.74. The van der Waals surface area contributed by atoms with Crippen LogP contribution in [0.4, 0.5) is 0 Å². The fourth-order valence-corrected chi connectivity index (χ4v) is 2.48. The zero-order valence-corrected chi connectivity index (χ0v) is 12.7. The molecule has 0 spiro atoms. The van der Waals surface area contributed by atoms with Crippen molar-refractivity contribution in [1.29, 1.82) is 0 Å². The number of hydrogen-bond acceptors (Lipinski definition) is 4. The lowest BCUT2D eigenvalue weighted by atomic mass is 10.3. The number of fused-ring (bicyclic) bond motifs is 1. The number of hydrogen-bond donors (Lipinski definition) is 3. The molecule has 22 heavy (non-hydrogen) atoms. The van der Waals surface area contributed by atoms with Crippen molar-refractivity contribution in [2.75, 3.05) is 7.05 Å². The van der Waals surface area contributed by atoms with Gasteiger partial charge in [0.05, 0.1) is 17.6 Å². The quantitative estimate of drug-likeness (QED) is 0.688. The van der Waals surface area contributed by atoms with E-state index in [0.717, 1.165) is 22.6 Å². The van der Waals surface area contributed by atoms with Crippen molar-refractivity contribution < 1.29 is 5.11 Å². The van der Waals surface area contributed by atoms with Crippen LogP contribution in [0.15, 0.2) is 35.3 Å². The van der Waals surface area contributed by atoms with Crippen LogP contribution in [0.3, 0.4) is 0 Å². The van der Waals surface area contributed by atoms with E-state index in [2.05, 4.69) is 15.0 Å². The summed E-state index contributed by atoms with van der Waals surface area (Å²) in [5.74, 6) is 0.543. The maximum atomic E-state index is 11.4. The van der Waals surface area contributed by atoms with Crippen LogP contribution in [0.2, 0.25) is 5.02 Å². The second kappa shape index (κ2) is 5.82. The number of rotatable bonds is 4. The normalized spacial score (nSPS) is 11.4. The number of pyridine rings is 1. The zero-order valence-electron chi connectivity index (χ0n) is 11.9. The van der Waals surface area contributed by atoms with Crippen LogP contribution in [0, 0.1) is 0 Å². The molecule has 3 aromatic rings. The number of aromatic amines is 2. The predicted molar refractivity (Wildman–Crippen MR) is 85.0 cm³/mol. The smallest absolute Gasteiger partial charge is 0.223 e. The molecule has 1 aromatic carbocycles. The van der Waals surface area contributed by atoms with E-state index in [1.165, 1.54) is 12.3 Å². The van der Waals surface area contributed by atoms with Gasteiger partial charge in [0.2, 0.25) is 5.43 Å². The number of imidazole rings is 1. The van der Waals surface area contributed by atoms with Gasteiger partial charge in [-0.25, -0.2) is 4.98 Å². The maximum absolute atomic E-state index is 11.4. The summed E-state index contributed by atoms with van der Waals surface area (Å²) in [5, 5.41) is 9.90. The molecule has 0 fully saturated rings. The lowest BCUT2D eigenvalue weighted by Gasteiger charge is -2.14. The van der Waals surface area contributed by atoms with Gasteiger partial charge in [0.15, 0.2) is 5.75 Å². The van der Waals surface area contributed by atoms with Crippen LogP contribution in [-0.4, -0.2) is 32.0 Å². The van der Waals surface area contributed by atoms with E-state index in [0.29, 0.717) is 18.1 Å². The number of H-pyrrole nitrogens is 2. The third-order valence-corrected chi connectivity index (χ3v) is 3.54. The van der Waals surface area contributed by atoms with E-state index in [-0.39, 0.29) is 11.2 Å². The molecular formula is C15H15ClN4O2. The molecule has 0 atom stereocenters. The van der Waals surface area contributed by atoms with E-state index in [1.54, 1.807) is 6.07 Å². The Morgan fingerprint density at radius 1 is 1.32 bits per heavy atom. The van der Waals surface area contributed by atoms with Gasteiger partial charge in [0, 0.05) is 29.5 Å². The van der Waals surface area contributed by atoms with Gasteiger partial charge < -0.3 is 15.1 Å². The number of nitrogens with one attached hydrogen (secondary N) is 2. The average molecular weight is 319 g/mol. The zero-order chi connectivity index (χ0) is 15.7. The minimum atomic E-state index is -0.388. The van der Waals surface area contributed by atoms with E-state index in [1.807, 2.05) is 24.1 Å². The first kappa shape index (κ1) is 14.6. The standard InChI is InChI=1S/C15H15ClN4O2/c1-20(7-10-5-13(21)14(22)6-17-10)8-15-18-11-3-2-9(16)4-12(11)19-15/h2-6,22H,7-8H2,1H3,(H,17,21)(H,18,19). The molecule has 0 aliphatic rings. The SMILES string of the molecule is CN(Cc1cc(=O)c(O)c[nH]1)Cc1nc2ccc(Cl)cc2[nH]1. The first-order chi connectivity index (χ1) is 10.5. The summed E-state index contributed by atoms with van der Waals surface area (Å²) in [5.41, 5.74) is 2.10. The maximum Gasteiger partial charge on any atom is 0.223 e. The van der Waals surface area contributed by atoms with Gasteiger partial charge in [-0.3, -0.25) is 9.69 Å². The molecule has 2 aromatic heterocycles. The molecule has 2 heterocycles. The lowest BCUT2D eigenvalue weighted by Crippen LogP contribution is -2.19. The summed E-state index contributed by atoms with van der Waals surface area (Å²) in [6.07, 6.45) is 1.30. The molecule has 3 rings (SSSR count). The van der Waals surface area contributed by atoms with Crippen molar-refractivity contribution in [3.05, 3.63) is 57.2 Å². The molecule has 6 nitrogen and oxygen atoms in total. The molecule has 0 saturated carbocycles. The predicted octanol–water partition coefficient (Wildman–Crippen LogP) is 2.24. The van der Waals surface area contributed by atoms with Crippen LogP contribution in [0.5, 0.6) is 5.75 Å². The second-order valence-electron chi connectivity index (χ2n) is 5.23. The first-order valence-corrected chi connectivity index (χ1v) is 7.12. The topological polar surface area (TPSA) is 85.0 Å². The van der Waals surface area contributed by atoms with E-state index in [9.17, 15) is 9.90 Å². The van der Waals surface area contributed by atoms with Gasteiger partial charge in [-0.15, -0.1) is 0 Å². The summed E-state index contributed by atoms with van der Waals surface area (Å²) in [4.78, 5) is 24.0. The van der Waals surface area contributed by atoms with Crippen molar-refractivity contribution >= 4 is 22.6 Å². The van der Waals surface area contributed by atoms with Crippen molar-refractivity contribution in [2.24, 2.45) is 0 Å². The molecule has 3 N–H and O–H groups in total. The highest BCUT2D eigenvalue weighted by Crippen LogP contribution is 2.17. The van der Waals surface area contributed by atoms with Crippen LogP contribution < -0.4 is 5.43 Å². The van der Waals surface area contributed by atoms with Gasteiger partial charge >= 0.3 is 0 Å². The van der Waals surface area contributed by atoms with Crippen LogP contribution in [0.25, 0.3) is 11.0 Å². The summed E-state index contributed by atoms with van der Waals surface area (Å²) < 4.78 is 0. The largest absolute Gasteiger partial charge is 0.503 e. The van der Waals surface area contributed by atoms with Crippen LogP contribution in [0.1, 0.15) is 11.5 Å². The molecule has 7 heteroatoms. The van der Waals surface area contributed by atoms with Crippen LogP contribution >= 0.6 is 11.6 Å². The molecule has 0 radical (unpaired) electrons. The van der Waals surface area contributed by atoms with Crippen molar-refractivity contribution in [3.8, 4) is 5.75 Å². The van der Waals surface area contributed by atoms with Crippen LogP contribution in [-0.2, 0) is 13.1 Å². The monoisotopic (exact) mass is 318 g/mol. The third kappa shape index (κ3) is 3.13. The number of nitrogens with zero attached hydrogens (tertiary/aromatic N) is 2. The Morgan fingerprint density at radius 3 is 2.91 bits per heavy atom. The molecular weight excluding hydrogens is 304 g/mol. The highest BCUT2D eigenvalue weighted by Gasteiger charge is 2.08. The van der Waals surface area contributed by atoms with E-state index >= 15 is 0 Å². The average Bonchev–Trinajstić information content (AvgIpc) is 2.84. The number of halogens is 1. The summed E-state index contributed by atoms with van der Waals surface area (Å²) in [7, 11) is 1.92. The van der Waals surface area contributed by atoms with Gasteiger partial charge in [-0.1, -0.05) is 11.6 Å². The number of benzene rings is 1. The number of aromatic nitrogens is 3. The summed E-state index contributed by atoms with van der Waals surface area (Å²) in [6.45, 7) is 1.13. The Bertz CT molecular complexity index is 871. The van der Waals surface area contributed by atoms with Crippen molar-refractivity contribution in [3.63, 3.8) is 0 Å². The Hall–Kier alpha value is -2.31. The molecule has 0 unspecified atom stereocenters. The van der Waals surface area contributed by atoms with Gasteiger partial charge in [-0.2, -0.15) is 0 Å². The summed E-state index contributed by atoms with van der Waals surface area (Å²) >= 11 is 5.96. The fourth-order valence-electron chi connectivity index (χ4n) is 2.31. The Kier molecular flexibility index (Phi) is 3.87. The lowest BCUT2D eigenvalue weighted by molar-refractivity contribution is 0.307. The molecule has 0 aliphatic carbocycles. The molecule has 0 amide bonds. The molecule has 114 valence electrons. The minimum absolute atomic E-state index is 0.277. The fraction of sp³-hybridized carbons (Fsp3) is 0.200. The molecule has 0 saturated heterocycles. The highest BCUT2D eigenvalue weighted by atomic mass is 35.5. The highest BCUT2D eigenvalue weighted by molar-refractivity contribution is 6.31. The molecule has 0 aliphatic heterocycles. The van der Waals surface area contributed by atoms with E-state index < -0.39 is 0 Å². The van der Waals surface area contributed by atoms with Gasteiger partial charge in [0.25, 0.3) is 0 Å². The van der Waals surface area contributed by atoms with Crippen molar-refractivity contribution in [2.45, 2.75) is 13.1 Å². The van der Waals surface area contributed by atoms with E-state index in [4.69, 9.17) is 11.6 Å². The number of aromatic hydroxyl groups is 1. The second-order valence-corrected chi connectivity index (χ2v) is 5.66. The third-order valence-electron chi connectivity index (χ3n) is 3.30. The van der Waals surface area contributed by atoms with Crippen molar-refractivity contribution in [1.82, 2.24) is 19.9 Å². The molecule has 0 bridgehead atoms. The van der Waals surface area contributed by atoms with Gasteiger partial charge in [-0.05, 0) is 25.2 Å². The summed E-state index contributed by atoms with van der Waals surface area (Å²) in [6, 6.07) is 6.91. The minimum Gasteiger partial charge on any atom is -0.503 e. The van der Waals surface area contributed by atoms with Gasteiger partial charge in [0.1, 0.15) is 5.82 Å². The Morgan fingerprint density at radius 2 is 2.14 bits per heavy atom. The Balaban J connectivity index is 1.73. The Labute approximate surface area is 131 Å².